The van der Waals surface area contributed by atoms with E-state index in [0.29, 0.717) is 11.8 Å². The maximum Gasteiger partial charge on any atom is 0.226 e. The van der Waals surface area contributed by atoms with Gasteiger partial charge in [0.15, 0.2) is 0 Å². The Kier molecular flexibility index (Phi) is 6.85. The molecule has 0 aliphatic carbocycles. The van der Waals surface area contributed by atoms with Gasteiger partial charge in [-0.3, -0.25) is 4.79 Å². The number of likely N-dealkylation sites (tertiary alicyclic amines) is 1. The van der Waals surface area contributed by atoms with Gasteiger partial charge in [0.25, 0.3) is 0 Å². The normalized spacial score (nSPS) is 22.5. The van der Waals surface area contributed by atoms with Gasteiger partial charge in [-0.1, -0.05) is 12.1 Å². The van der Waals surface area contributed by atoms with E-state index in [4.69, 9.17) is 0 Å². The van der Waals surface area contributed by atoms with Crippen molar-refractivity contribution in [2.75, 3.05) is 26.2 Å². The third-order valence-corrected chi connectivity index (χ3v) is 4.99. The predicted molar refractivity (Wildman–Crippen MR) is 92.2 cm³/mol. The van der Waals surface area contributed by atoms with Gasteiger partial charge in [0.2, 0.25) is 5.91 Å². The molecule has 5 heteroatoms. The van der Waals surface area contributed by atoms with Crippen molar-refractivity contribution in [3.8, 4) is 0 Å². The summed E-state index contributed by atoms with van der Waals surface area (Å²) in [6.45, 7) is 3.59. The number of halogens is 2. The summed E-state index contributed by atoms with van der Waals surface area (Å²) >= 11 is 0. The first-order chi connectivity index (χ1) is 10.7. The van der Waals surface area contributed by atoms with Crippen molar-refractivity contribution in [3.63, 3.8) is 0 Å². The van der Waals surface area contributed by atoms with Gasteiger partial charge in [-0.25, -0.2) is 4.39 Å². The van der Waals surface area contributed by atoms with Crippen molar-refractivity contribution in [2.24, 2.45) is 11.8 Å². The van der Waals surface area contributed by atoms with Crippen LogP contribution in [0.1, 0.15) is 31.2 Å². The monoisotopic (exact) mass is 340 g/mol. The van der Waals surface area contributed by atoms with Crippen molar-refractivity contribution in [2.45, 2.75) is 32.1 Å². The second-order valence-electron chi connectivity index (χ2n) is 6.65. The van der Waals surface area contributed by atoms with Crippen LogP contribution in [0.25, 0.3) is 0 Å². The Balaban J connectivity index is 0.00000192. The van der Waals surface area contributed by atoms with Gasteiger partial charge in [0.1, 0.15) is 5.82 Å². The quantitative estimate of drug-likeness (QED) is 0.917. The first kappa shape index (κ1) is 18.2. The summed E-state index contributed by atoms with van der Waals surface area (Å²) in [6, 6.07) is 6.89. The Morgan fingerprint density at radius 1 is 1.26 bits per heavy atom. The van der Waals surface area contributed by atoms with Crippen LogP contribution in [0, 0.1) is 17.7 Å². The number of rotatable bonds is 3. The molecule has 2 heterocycles. The summed E-state index contributed by atoms with van der Waals surface area (Å²) in [5.41, 5.74) is 1.07. The van der Waals surface area contributed by atoms with Gasteiger partial charge in [-0.05, 0) is 62.3 Å². The number of nitrogens with one attached hydrogen (secondary N) is 1. The zero-order chi connectivity index (χ0) is 15.4. The molecule has 2 fully saturated rings. The number of hydrogen-bond donors (Lipinski definition) is 1. The van der Waals surface area contributed by atoms with Gasteiger partial charge in [-0.2, -0.15) is 0 Å². The van der Waals surface area contributed by atoms with Crippen LogP contribution < -0.4 is 5.32 Å². The Hall–Kier alpha value is -1.13. The molecule has 1 N–H and O–H groups in total. The average molecular weight is 341 g/mol. The molecule has 2 aliphatic heterocycles. The maximum absolute atomic E-state index is 13.2. The van der Waals surface area contributed by atoms with Crippen LogP contribution in [-0.2, 0) is 11.2 Å². The first-order valence-corrected chi connectivity index (χ1v) is 8.46. The average Bonchev–Trinajstić information content (AvgIpc) is 2.56. The molecular weight excluding hydrogens is 315 g/mol. The zero-order valence-corrected chi connectivity index (χ0v) is 14.3. The molecule has 2 aliphatic rings. The molecule has 23 heavy (non-hydrogen) atoms. The fourth-order valence-electron chi connectivity index (χ4n) is 3.68. The lowest BCUT2D eigenvalue weighted by molar-refractivity contribution is -0.137. The molecule has 0 bridgehead atoms. The summed E-state index contributed by atoms with van der Waals surface area (Å²) in [5, 5.41) is 3.32. The largest absolute Gasteiger partial charge is 0.342 e. The molecule has 0 saturated carbocycles. The lowest BCUT2D eigenvalue weighted by atomic mass is 9.89. The van der Waals surface area contributed by atoms with E-state index in [1.165, 1.54) is 6.07 Å². The van der Waals surface area contributed by atoms with E-state index in [-0.39, 0.29) is 24.1 Å². The molecule has 0 aromatic heterocycles. The van der Waals surface area contributed by atoms with Gasteiger partial charge in [0.05, 0.1) is 5.92 Å². The van der Waals surface area contributed by atoms with Crippen molar-refractivity contribution in [1.82, 2.24) is 10.2 Å². The second-order valence-corrected chi connectivity index (χ2v) is 6.65. The highest BCUT2D eigenvalue weighted by Crippen LogP contribution is 2.24. The fraction of sp³-hybridized carbons (Fsp3) is 0.611. The third kappa shape index (κ3) is 4.92. The molecule has 1 unspecified atom stereocenters. The van der Waals surface area contributed by atoms with Crippen molar-refractivity contribution < 1.29 is 9.18 Å². The third-order valence-electron chi connectivity index (χ3n) is 4.99. The molecule has 0 spiro atoms. The minimum absolute atomic E-state index is 0. The maximum atomic E-state index is 13.2. The highest BCUT2D eigenvalue weighted by molar-refractivity contribution is 5.85. The van der Waals surface area contributed by atoms with Crippen LogP contribution in [0.15, 0.2) is 24.3 Å². The Morgan fingerprint density at radius 3 is 2.70 bits per heavy atom. The highest BCUT2D eigenvalue weighted by Gasteiger charge is 2.29. The van der Waals surface area contributed by atoms with Crippen LogP contribution in [-0.4, -0.2) is 37.0 Å². The summed E-state index contributed by atoms with van der Waals surface area (Å²) in [7, 11) is 0. The summed E-state index contributed by atoms with van der Waals surface area (Å²) in [5.74, 6) is 0.912. The zero-order valence-electron chi connectivity index (χ0n) is 13.5. The fourth-order valence-corrected chi connectivity index (χ4v) is 3.68. The van der Waals surface area contributed by atoms with E-state index in [2.05, 4.69) is 5.32 Å². The number of hydrogen-bond acceptors (Lipinski definition) is 2. The van der Waals surface area contributed by atoms with Gasteiger partial charge in [-0.15, -0.1) is 12.4 Å². The van der Waals surface area contributed by atoms with Gasteiger partial charge >= 0.3 is 0 Å². The lowest BCUT2D eigenvalue weighted by Crippen LogP contribution is -2.46. The predicted octanol–water partition coefficient (Wildman–Crippen LogP) is 3.03. The molecule has 1 aromatic rings. The van der Waals surface area contributed by atoms with E-state index in [1.807, 2.05) is 11.0 Å². The molecule has 2 saturated heterocycles. The topological polar surface area (TPSA) is 32.3 Å². The van der Waals surface area contributed by atoms with Crippen LogP contribution in [0.4, 0.5) is 4.39 Å². The summed E-state index contributed by atoms with van der Waals surface area (Å²) < 4.78 is 13.2. The molecule has 0 radical (unpaired) electrons. The SMILES string of the molecule is Cl.O=C(C1CCCNC1)N1CCC(Cc2cccc(F)c2)CC1. The van der Waals surface area contributed by atoms with Gasteiger partial charge in [0, 0.05) is 19.6 Å². The van der Waals surface area contributed by atoms with Crippen LogP contribution in [0.5, 0.6) is 0 Å². The summed E-state index contributed by atoms with van der Waals surface area (Å²) in [4.78, 5) is 14.5. The van der Waals surface area contributed by atoms with E-state index >= 15 is 0 Å². The van der Waals surface area contributed by atoms with Crippen LogP contribution in [0.3, 0.4) is 0 Å². The molecule has 1 amide bonds. The van der Waals surface area contributed by atoms with Crippen LogP contribution >= 0.6 is 12.4 Å². The number of piperidine rings is 2. The summed E-state index contributed by atoms with van der Waals surface area (Å²) in [6.07, 6.45) is 5.11. The van der Waals surface area contributed by atoms with Crippen molar-refractivity contribution in [1.29, 1.82) is 0 Å². The molecular formula is C18H26ClFN2O. The number of benzene rings is 1. The standard InChI is InChI=1S/C18H25FN2O.ClH/c19-17-5-1-3-15(12-17)11-14-6-9-21(10-7-14)18(22)16-4-2-8-20-13-16;/h1,3,5,12,14,16,20H,2,4,6-11,13H2;1H. The van der Waals surface area contributed by atoms with E-state index in [9.17, 15) is 9.18 Å². The van der Waals surface area contributed by atoms with Crippen molar-refractivity contribution in [3.05, 3.63) is 35.6 Å². The molecule has 128 valence electrons. The highest BCUT2D eigenvalue weighted by atomic mass is 35.5. The van der Waals surface area contributed by atoms with E-state index in [1.54, 1.807) is 12.1 Å². The number of carbonyl (C=O) groups is 1. The van der Waals surface area contributed by atoms with Crippen LogP contribution in [0.2, 0.25) is 0 Å². The van der Waals surface area contributed by atoms with Crippen molar-refractivity contribution >= 4 is 18.3 Å². The molecule has 1 atom stereocenters. The van der Waals surface area contributed by atoms with E-state index in [0.717, 1.165) is 63.8 Å². The number of nitrogens with zero attached hydrogens (tertiary/aromatic N) is 1. The smallest absolute Gasteiger partial charge is 0.226 e. The first-order valence-electron chi connectivity index (χ1n) is 8.46. The molecule has 3 nitrogen and oxygen atoms in total. The number of amides is 1. The lowest BCUT2D eigenvalue weighted by Gasteiger charge is -2.35. The molecule has 3 rings (SSSR count). The van der Waals surface area contributed by atoms with Gasteiger partial charge < -0.3 is 10.2 Å². The molecule has 1 aromatic carbocycles. The second kappa shape index (κ2) is 8.65. The Labute approximate surface area is 144 Å². The Morgan fingerprint density at radius 2 is 2.04 bits per heavy atom. The minimum atomic E-state index is -0.157. The minimum Gasteiger partial charge on any atom is -0.342 e. The number of carbonyl (C=O) groups excluding carboxylic acids is 1. The van der Waals surface area contributed by atoms with E-state index < -0.39 is 0 Å². The Bertz CT molecular complexity index is 511.